The van der Waals surface area contributed by atoms with E-state index in [-0.39, 0.29) is 6.10 Å². The Bertz CT molecular complexity index is 194. The molecule has 1 heterocycles. The van der Waals surface area contributed by atoms with Crippen LogP contribution in [0.3, 0.4) is 0 Å². The van der Waals surface area contributed by atoms with Crippen LogP contribution in [0.1, 0.15) is 39.0 Å². The third-order valence-corrected chi connectivity index (χ3v) is 3.52. The number of rotatable bonds is 6. The molecule has 2 unspecified atom stereocenters. The molecule has 1 saturated carbocycles. The Kier molecular flexibility index (Phi) is 4.00. The maximum Gasteiger partial charge on any atom is 0.0680 e. The van der Waals surface area contributed by atoms with Crippen molar-refractivity contribution in [2.45, 2.75) is 57.2 Å². The summed E-state index contributed by atoms with van der Waals surface area (Å²) in [5, 5.41) is 12.9. The van der Waals surface area contributed by atoms with Gasteiger partial charge in [0.15, 0.2) is 0 Å². The lowest BCUT2D eigenvalue weighted by Gasteiger charge is -2.25. The number of unbranched alkanes of at least 4 members (excludes halogenated alkanes) is 1. The molecule has 1 aliphatic carbocycles. The number of nitrogens with zero attached hydrogens (tertiary/aromatic N) is 1. The van der Waals surface area contributed by atoms with Gasteiger partial charge in [-0.3, -0.25) is 4.90 Å². The monoisotopic (exact) mass is 212 g/mol. The minimum Gasteiger partial charge on any atom is -0.392 e. The van der Waals surface area contributed by atoms with Gasteiger partial charge in [0, 0.05) is 25.2 Å². The second kappa shape index (κ2) is 5.28. The van der Waals surface area contributed by atoms with E-state index in [9.17, 15) is 5.11 Å². The van der Waals surface area contributed by atoms with E-state index >= 15 is 0 Å². The van der Waals surface area contributed by atoms with Gasteiger partial charge in [-0.05, 0) is 32.2 Å². The van der Waals surface area contributed by atoms with Crippen molar-refractivity contribution in [1.29, 1.82) is 0 Å². The van der Waals surface area contributed by atoms with Crippen molar-refractivity contribution in [2.75, 3.05) is 19.6 Å². The maximum absolute atomic E-state index is 9.46. The number of aliphatic hydroxyl groups is 1. The minimum absolute atomic E-state index is 0.109. The van der Waals surface area contributed by atoms with E-state index in [1.807, 2.05) is 0 Å². The number of aliphatic hydroxyl groups excluding tert-OH is 1. The molecule has 0 spiro atoms. The first-order valence-electron chi connectivity index (χ1n) is 6.45. The highest BCUT2D eigenvalue weighted by Gasteiger charge is 2.32. The third-order valence-electron chi connectivity index (χ3n) is 3.52. The summed E-state index contributed by atoms with van der Waals surface area (Å²) in [5.41, 5.74) is 0. The lowest BCUT2D eigenvalue weighted by Crippen LogP contribution is -2.39. The van der Waals surface area contributed by atoms with Crippen LogP contribution in [0.4, 0.5) is 0 Å². The zero-order chi connectivity index (χ0) is 10.7. The molecule has 2 atom stereocenters. The van der Waals surface area contributed by atoms with Crippen LogP contribution in [0.5, 0.6) is 0 Å². The normalized spacial score (nSPS) is 31.4. The zero-order valence-corrected chi connectivity index (χ0v) is 9.78. The third kappa shape index (κ3) is 3.44. The van der Waals surface area contributed by atoms with Gasteiger partial charge in [-0.1, -0.05) is 13.3 Å². The van der Waals surface area contributed by atoms with Crippen molar-refractivity contribution in [3.8, 4) is 0 Å². The highest BCUT2D eigenvalue weighted by molar-refractivity contribution is 4.90. The molecule has 2 aliphatic rings. The van der Waals surface area contributed by atoms with Gasteiger partial charge in [-0.2, -0.15) is 0 Å². The van der Waals surface area contributed by atoms with Gasteiger partial charge in [0.1, 0.15) is 0 Å². The Morgan fingerprint density at radius 2 is 2.20 bits per heavy atom. The first-order chi connectivity index (χ1) is 7.29. The Morgan fingerprint density at radius 1 is 1.40 bits per heavy atom. The SMILES string of the molecule is CCCCN(CC1CC(O)CN1)C1CC1. The molecule has 0 amide bonds. The van der Waals surface area contributed by atoms with E-state index in [0.717, 1.165) is 25.6 Å². The van der Waals surface area contributed by atoms with Gasteiger partial charge >= 0.3 is 0 Å². The molecule has 0 bridgehead atoms. The van der Waals surface area contributed by atoms with Gasteiger partial charge in [-0.15, -0.1) is 0 Å². The number of hydrogen-bond acceptors (Lipinski definition) is 3. The second-order valence-corrected chi connectivity index (χ2v) is 5.07. The fourth-order valence-electron chi connectivity index (χ4n) is 2.44. The lowest BCUT2D eigenvalue weighted by atomic mass is 10.2. The molecule has 3 heteroatoms. The molecule has 88 valence electrons. The zero-order valence-electron chi connectivity index (χ0n) is 9.78. The minimum atomic E-state index is -0.109. The average molecular weight is 212 g/mol. The van der Waals surface area contributed by atoms with Crippen molar-refractivity contribution >= 4 is 0 Å². The van der Waals surface area contributed by atoms with Crippen molar-refractivity contribution in [1.82, 2.24) is 10.2 Å². The molecule has 2 rings (SSSR count). The standard InChI is InChI=1S/C12H24N2O/c1-2-3-6-14(11-4-5-11)9-10-7-12(15)8-13-10/h10-13,15H,2-9H2,1H3. The molecular formula is C12H24N2O. The molecule has 0 aromatic heterocycles. The molecule has 2 fully saturated rings. The summed E-state index contributed by atoms with van der Waals surface area (Å²) in [7, 11) is 0. The molecule has 15 heavy (non-hydrogen) atoms. The predicted octanol–water partition coefficient (Wildman–Crippen LogP) is 0.974. The van der Waals surface area contributed by atoms with E-state index < -0.39 is 0 Å². The largest absolute Gasteiger partial charge is 0.392 e. The van der Waals surface area contributed by atoms with Crippen LogP contribution in [-0.2, 0) is 0 Å². The van der Waals surface area contributed by atoms with Gasteiger partial charge in [0.25, 0.3) is 0 Å². The fraction of sp³-hybridized carbons (Fsp3) is 1.00. The lowest BCUT2D eigenvalue weighted by molar-refractivity contribution is 0.185. The van der Waals surface area contributed by atoms with Crippen LogP contribution >= 0.6 is 0 Å². The summed E-state index contributed by atoms with van der Waals surface area (Å²) in [6.07, 6.45) is 6.20. The van der Waals surface area contributed by atoms with E-state index in [1.165, 1.54) is 32.2 Å². The summed E-state index contributed by atoms with van der Waals surface area (Å²) in [4.78, 5) is 2.62. The highest BCUT2D eigenvalue weighted by atomic mass is 16.3. The predicted molar refractivity (Wildman–Crippen MR) is 61.9 cm³/mol. The molecule has 0 aromatic carbocycles. The molecular weight excluding hydrogens is 188 g/mol. The van der Waals surface area contributed by atoms with Crippen LogP contribution < -0.4 is 5.32 Å². The van der Waals surface area contributed by atoms with Gasteiger partial charge < -0.3 is 10.4 Å². The average Bonchev–Trinajstić information content (AvgIpc) is 2.98. The Labute approximate surface area is 92.8 Å². The van der Waals surface area contributed by atoms with Crippen molar-refractivity contribution in [3.05, 3.63) is 0 Å². The highest BCUT2D eigenvalue weighted by Crippen LogP contribution is 2.27. The molecule has 1 aliphatic heterocycles. The second-order valence-electron chi connectivity index (χ2n) is 5.07. The maximum atomic E-state index is 9.46. The van der Waals surface area contributed by atoms with Gasteiger partial charge in [0.2, 0.25) is 0 Å². The van der Waals surface area contributed by atoms with Crippen LogP contribution in [0.2, 0.25) is 0 Å². The molecule has 0 radical (unpaired) electrons. The van der Waals surface area contributed by atoms with E-state index in [0.29, 0.717) is 6.04 Å². The van der Waals surface area contributed by atoms with Crippen LogP contribution in [0.15, 0.2) is 0 Å². The van der Waals surface area contributed by atoms with E-state index in [1.54, 1.807) is 0 Å². The van der Waals surface area contributed by atoms with Gasteiger partial charge in [0.05, 0.1) is 6.10 Å². The summed E-state index contributed by atoms with van der Waals surface area (Å²) < 4.78 is 0. The Morgan fingerprint density at radius 3 is 2.73 bits per heavy atom. The van der Waals surface area contributed by atoms with Crippen LogP contribution in [0.25, 0.3) is 0 Å². The topological polar surface area (TPSA) is 35.5 Å². The first kappa shape index (κ1) is 11.4. The number of hydrogen-bond donors (Lipinski definition) is 2. The van der Waals surface area contributed by atoms with Crippen LogP contribution in [0, 0.1) is 0 Å². The Hall–Kier alpha value is -0.120. The molecule has 1 saturated heterocycles. The summed E-state index contributed by atoms with van der Waals surface area (Å²) in [6, 6.07) is 1.38. The summed E-state index contributed by atoms with van der Waals surface area (Å²) in [5.74, 6) is 0. The summed E-state index contributed by atoms with van der Waals surface area (Å²) in [6.45, 7) is 5.43. The molecule has 2 N–H and O–H groups in total. The molecule has 3 nitrogen and oxygen atoms in total. The van der Waals surface area contributed by atoms with Crippen molar-refractivity contribution in [2.24, 2.45) is 0 Å². The van der Waals surface area contributed by atoms with Crippen molar-refractivity contribution in [3.63, 3.8) is 0 Å². The first-order valence-corrected chi connectivity index (χ1v) is 6.45. The van der Waals surface area contributed by atoms with E-state index in [4.69, 9.17) is 0 Å². The Balaban J connectivity index is 1.73. The summed E-state index contributed by atoms with van der Waals surface area (Å²) >= 11 is 0. The quantitative estimate of drug-likeness (QED) is 0.689. The fourth-order valence-corrected chi connectivity index (χ4v) is 2.44. The smallest absolute Gasteiger partial charge is 0.0680 e. The van der Waals surface area contributed by atoms with Crippen molar-refractivity contribution < 1.29 is 5.11 Å². The van der Waals surface area contributed by atoms with Gasteiger partial charge in [-0.25, -0.2) is 0 Å². The van der Waals surface area contributed by atoms with Crippen LogP contribution in [-0.4, -0.2) is 47.8 Å². The number of nitrogens with one attached hydrogen (secondary N) is 1. The van der Waals surface area contributed by atoms with E-state index in [2.05, 4.69) is 17.1 Å². The number of β-amino-alcohol motifs (C(OH)–C–C–N with tert-alkyl or cyclic N) is 1. The molecule has 0 aromatic rings.